The summed E-state index contributed by atoms with van der Waals surface area (Å²) in [6, 6.07) is 7.00. The highest BCUT2D eigenvalue weighted by Crippen LogP contribution is 2.25. The Balaban J connectivity index is 1.47. The summed E-state index contributed by atoms with van der Waals surface area (Å²) in [7, 11) is 3.10. The molecule has 158 valence electrons. The van der Waals surface area contributed by atoms with E-state index >= 15 is 0 Å². The summed E-state index contributed by atoms with van der Waals surface area (Å²) in [5, 5.41) is 0. The van der Waals surface area contributed by atoms with Gasteiger partial charge in [0, 0.05) is 50.2 Å². The van der Waals surface area contributed by atoms with Crippen LogP contribution in [0, 0.1) is 0 Å². The van der Waals surface area contributed by atoms with Gasteiger partial charge in [0.15, 0.2) is 6.61 Å². The van der Waals surface area contributed by atoms with Crippen LogP contribution in [0.2, 0.25) is 0 Å². The predicted molar refractivity (Wildman–Crippen MR) is 110 cm³/mol. The third kappa shape index (κ3) is 5.47. The molecule has 0 radical (unpaired) electrons. The third-order valence-electron chi connectivity index (χ3n) is 4.64. The van der Waals surface area contributed by atoms with Gasteiger partial charge in [-0.1, -0.05) is 0 Å². The monoisotopic (exact) mass is 412 g/mol. The number of anilines is 1. The summed E-state index contributed by atoms with van der Waals surface area (Å²) in [4.78, 5) is 36.5. The molecule has 0 N–H and O–H groups in total. The van der Waals surface area contributed by atoms with E-state index in [9.17, 15) is 9.59 Å². The maximum absolute atomic E-state index is 12.3. The molecule has 0 aliphatic carbocycles. The highest BCUT2D eigenvalue weighted by molar-refractivity contribution is 5.89. The zero-order valence-corrected chi connectivity index (χ0v) is 17.0. The maximum atomic E-state index is 12.3. The summed E-state index contributed by atoms with van der Waals surface area (Å²) < 4.78 is 15.5. The quantitative estimate of drug-likeness (QED) is 0.498. The second-order valence-electron chi connectivity index (χ2n) is 6.47. The number of methoxy groups -OCH3 is 2. The number of piperazine rings is 1. The molecule has 1 aromatic heterocycles. The average Bonchev–Trinajstić information content (AvgIpc) is 2.81. The fourth-order valence-corrected chi connectivity index (χ4v) is 3.01. The average molecular weight is 412 g/mol. The van der Waals surface area contributed by atoms with Crippen LogP contribution in [-0.2, 0) is 14.3 Å². The number of benzene rings is 1. The van der Waals surface area contributed by atoms with Crippen molar-refractivity contribution >= 4 is 23.9 Å². The number of amides is 1. The molecular weight excluding hydrogens is 388 g/mol. The van der Waals surface area contributed by atoms with Crippen molar-refractivity contribution in [2.24, 2.45) is 0 Å². The summed E-state index contributed by atoms with van der Waals surface area (Å²) in [5.41, 5.74) is 0.666. The van der Waals surface area contributed by atoms with E-state index in [1.54, 1.807) is 61.9 Å². The van der Waals surface area contributed by atoms with Crippen LogP contribution < -0.4 is 14.4 Å². The Bertz CT molecular complexity index is 896. The van der Waals surface area contributed by atoms with Crippen molar-refractivity contribution in [3.63, 3.8) is 0 Å². The van der Waals surface area contributed by atoms with Crippen LogP contribution in [0.25, 0.3) is 6.08 Å². The SMILES string of the molecule is COc1ccc(OC)c(/C=C/C(=O)OCC(=O)N2CCN(c3ncccn3)CC2)c1. The largest absolute Gasteiger partial charge is 0.497 e. The highest BCUT2D eigenvalue weighted by atomic mass is 16.5. The van der Waals surface area contributed by atoms with Gasteiger partial charge in [0.05, 0.1) is 14.2 Å². The number of carbonyl (C=O) groups excluding carboxylic acids is 2. The van der Waals surface area contributed by atoms with Crippen LogP contribution in [0.15, 0.2) is 42.7 Å². The number of nitrogens with zero attached hydrogens (tertiary/aromatic N) is 4. The van der Waals surface area contributed by atoms with Crippen LogP contribution in [0.5, 0.6) is 11.5 Å². The molecule has 0 unspecified atom stereocenters. The predicted octanol–water partition coefficient (Wildman–Crippen LogP) is 1.40. The van der Waals surface area contributed by atoms with Gasteiger partial charge >= 0.3 is 5.97 Å². The molecular formula is C21H24N4O5. The second-order valence-corrected chi connectivity index (χ2v) is 6.47. The molecule has 0 bridgehead atoms. The fourth-order valence-electron chi connectivity index (χ4n) is 3.01. The van der Waals surface area contributed by atoms with Crippen molar-refractivity contribution in [1.82, 2.24) is 14.9 Å². The number of carbonyl (C=O) groups is 2. The lowest BCUT2D eigenvalue weighted by molar-refractivity contribution is -0.148. The summed E-state index contributed by atoms with van der Waals surface area (Å²) in [5.74, 6) is 1.04. The number of ether oxygens (including phenoxy) is 3. The number of aromatic nitrogens is 2. The van der Waals surface area contributed by atoms with Crippen LogP contribution in [-0.4, -0.2) is 73.7 Å². The van der Waals surface area contributed by atoms with E-state index in [1.807, 2.05) is 4.90 Å². The standard InChI is InChI=1S/C21H24N4O5/c1-28-17-5-6-18(29-2)16(14-17)4-7-20(27)30-15-19(26)24-10-12-25(13-11-24)21-22-8-3-9-23-21/h3-9,14H,10-13,15H2,1-2H3/b7-4+. The van der Waals surface area contributed by atoms with Crippen molar-refractivity contribution in [1.29, 1.82) is 0 Å². The van der Waals surface area contributed by atoms with Crippen molar-refractivity contribution in [3.05, 3.63) is 48.3 Å². The van der Waals surface area contributed by atoms with E-state index in [0.29, 0.717) is 49.2 Å². The molecule has 1 aromatic carbocycles. The second kappa shape index (κ2) is 10.2. The van der Waals surface area contributed by atoms with Crippen molar-refractivity contribution in [3.8, 4) is 11.5 Å². The fraction of sp³-hybridized carbons (Fsp3) is 0.333. The van der Waals surface area contributed by atoms with Gasteiger partial charge in [0.25, 0.3) is 5.91 Å². The van der Waals surface area contributed by atoms with E-state index in [-0.39, 0.29) is 12.5 Å². The van der Waals surface area contributed by atoms with Gasteiger partial charge in [-0.2, -0.15) is 0 Å². The van der Waals surface area contributed by atoms with Gasteiger partial charge in [0.1, 0.15) is 11.5 Å². The minimum Gasteiger partial charge on any atom is -0.497 e. The van der Waals surface area contributed by atoms with Gasteiger partial charge in [-0.05, 0) is 30.3 Å². The first-order valence-corrected chi connectivity index (χ1v) is 9.47. The Morgan fingerprint density at radius 3 is 2.47 bits per heavy atom. The van der Waals surface area contributed by atoms with Crippen LogP contribution in [0.4, 0.5) is 5.95 Å². The summed E-state index contributed by atoms with van der Waals surface area (Å²) in [6.07, 6.45) is 6.20. The molecule has 9 nitrogen and oxygen atoms in total. The maximum Gasteiger partial charge on any atom is 0.331 e. The number of rotatable bonds is 7. The molecule has 0 spiro atoms. The molecule has 0 atom stereocenters. The van der Waals surface area contributed by atoms with Crippen LogP contribution >= 0.6 is 0 Å². The molecule has 1 amide bonds. The lowest BCUT2D eigenvalue weighted by Crippen LogP contribution is -2.50. The van der Waals surface area contributed by atoms with E-state index in [2.05, 4.69) is 9.97 Å². The summed E-state index contributed by atoms with van der Waals surface area (Å²) >= 11 is 0. The minimum atomic E-state index is -0.607. The Morgan fingerprint density at radius 1 is 1.07 bits per heavy atom. The molecule has 1 saturated heterocycles. The van der Waals surface area contributed by atoms with Gasteiger partial charge in [-0.25, -0.2) is 14.8 Å². The van der Waals surface area contributed by atoms with Gasteiger partial charge in [-0.3, -0.25) is 4.79 Å². The number of esters is 1. The Morgan fingerprint density at radius 2 is 1.80 bits per heavy atom. The van der Waals surface area contributed by atoms with Gasteiger partial charge in [-0.15, -0.1) is 0 Å². The zero-order chi connectivity index (χ0) is 21.3. The minimum absolute atomic E-state index is 0.232. The molecule has 1 fully saturated rings. The van der Waals surface area contributed by atoms with Crippen LogP contribution in [0.3, 0.4) is 0 Å². The third-order valence-corrected chi connectivity index (χ3v) is 4.64. The van der Waals surface area contributed by atoms with Gasteiger partial charge in [0.2, 0.25) is 5.95 Å². The van der Waals surface area contributed by atoms with Crippen molar-refractivity contribution in [2.45, 2.75) is 0 Å². The molecule has 1 aliphatic rings. The Hall–Kier alpha value is -3.62. The topological polar surface area (TPSA) is 94.1 Å². The normalized spacial score (nSPS) is 13.9. The smallest absolute Gasteiger partial charge is 0.331 e. The Labute approximate surface area is 174 Å². The first-order chi connectivity index (χ1) is 14.6. The molecule has 30 heavy (non-hydrogen) atoms. The van der Waals surface area contributed by atoms with E-state index in [4.69, 9.17) is 14.2 Å². The van der Waals surface area contributed by atoms with Gasteiger partial charge < -0.3 is 24.0 Å². The molecule has 9 heteroatoms. The number of hydrogen-bond acceptors (Lipinski definition) is 8. The Kier molecular flexibility index (Phi) is 7.20. The molecule has 1 aliphatic heterocycles. The molecule has 0 saturated carbocycles. The van der Waals surface area contributed by atoms with E-state index in [0.717, 1.165) is 0 Å². The van der Waals surface area contributed by atoms with E-state index in [1.165, 1.54) is 6.08 Å². The van der Waals surface area contributed by atoms with Crippen LogP contribution in [0.1, 0.15) is 5.56 Å². The van der Waals surface area contributed by atoms with Crippen molar-refractivity contribution < 1.29 is 23.8 Å². The molecule has 3 rings (SSSR count). The summed E-state index contributed by atoms with van der Waals surface area (Å²) in [6.45, 7) is 1.98. The molecule has 2 heterocycles. The lowest BCUT2D eigenvalue weighted by atomic mass is 10.1. The lowest BCUT2D eigenvalue weighted by Gasteiger charge is -2.34. The first kappa shape index (κ1) is 21.1. The molecule has 2 aromatic rings. The first-order valence-electron chi connectivity index (χ1n) is 9.47. The highest BCUT2D eigenvalue weighted by Gasteiger charge is 2.23. The number of hydrogen-bond donors (Lipinski definition) is 0. The zero-order valence-electron chi connectivity index (χ0n) is 17.0. The van der Waals surface area contributed by atoms with Crippen molar-refractivity contribution in [2.75, 3.05) is 51.9 Å². The van der Waals surface area contributed by atoms with E-state index < -0.39 is 5.97 Å².